The summed E-state index contributed by atoms with van der Waals surface area (Å²) >= 11 is 0. The summed E-state index contributed by atoms with van der Waals surface area (Å²) in [5.74, 6) is -2.32. The van der Waals surface area contributed by atoms with Gasteiger partial charge in [-0.25, -0.2) is 0 Å². The van der Waals surface area contributed by atoms with E-state index in [4.69, 9.17) is 15.2 Å². The van der Waals surface area contributed by atoms with Gasteiger partial charge in [-0.3, -0.25) is 19.2 Å². The molecule has 0 fully saturated rings. The monoisotopic (exact) mass is 589 g/mol. The van der Waals surface area contributed by atoms with E-state index in [-0.39, 0.29) is 32.6 Å². The zero-order valence-corrected chi connectivity index (χ0v) is 23.7. The number of carbonyl (C=O) groups is 4. The molecule has 0 aliphatic carbocycles. The normalized spacial score (nSPS) is 12.8. The highest BCUT2D eigenvalue weighted by molar-refractivity contribution is 7.86. The van der Waals surface area contributed by atoms with E-state index in [1.165, 1.54) is 19.2 Å². The second kappa shape index (κ2) is 19.0. The van der Waals surface area contributed by atoms with Crippen LogP contribution in [0.3, 0.4) is 0 Å². The van der Waals surface area contributed by atoms with Gasteiger partial charge in [-0.1, -0.05) is 12.1 Å². The van der Waals surface area contributed by atoms with E-state index >= 15 is 0 Å². The van der Waals surface area contributed by atoms with Crippen molar-refractivity contribution in [1.82, 2.24) is 21.3 Å². The van der Waals surface area contributed by atoms with Crippen molar-refractivity contribution >= 4 is 33.9 Å². The summed E-state index contributed by atoms with van der Waals surface area (Å²) in [7, 11) is -1.51. The topological polar surface area (TPSA) is 195 Å². The molecule has 15 heteroatoms. The Bertz CT molecular complexity index is 1060. The van der Waals surface area contributed by atoms with Crippen molar-refractivity contribution in [2.75, 3.05) is 47.1 Å². The number of nitrogens with two attached hydrogens (primary N) is 1. The molecular formula is C25H40FN5O8S. The highest BCUT2D eigenvalue weighted by Gasteiger charge is 2.27. The fourth-order valence-corrected chi connectivity index (χ4v) is 4.02. The zero-order chi connectivity index (χ0) is 30.0. The highest BCUT2D eigenvalue weighted by Crippen LogP contribution is 2.13. The lowest BCUT2D eigenvalue weighted by atomic mass is 10.1. The molecule has 0 spiro atoms. The van der Waals surface area contributed by atoms with Gasteiger partial charge >= 0.3 is 10.2 Å². The number of hydrogen-bond acceptors (Lipinski definition) is 9. The molecule has 0 bridgehead atoms. The van der Waals surface area contributed by atoms with Crippen molar-refractivity contribution in [2.45, 2.75) is 55.5 Å². The molecule has 0 heterocycles. The second-order valence-electron chi connectivity index (χ2n) is 8.95. The van der Waals surface area contributed by atoms with Crippen LogP contribution in [0.4, 0.5) is 3.89 Å². The fraction of sp³-hybridized carbons (Fsp3) is 0.600. The average Bonchev–Trinajstić information content (AvgIpc) is 2.90. The summed E-state index contributed by atoms with van der Waals surface area (Å²) in [4.78, 5) is 49.2. The van der Waals surface area contributed by atoms with Gasteiger partial charge in [0.2, 0.25) is 23.6 Å². The van der Waals surface area contributed by atoms with Crippen LogP contribution in [0.15, 0.2) is 29.2 Å². The fourth-order valence-electron chi connectivity index (χ4n) is 3.56. The Kier molecular flexibility index (Phi) is 16.6. The number of rotatable bonds is 21. The van der Waals surface area contributed by atoms with Gasteiger partial charge in [0.15, 0.2) is 0 Å². The summed E-state index contributed by atoms with van der Waals surface area (Å²) in [5, 5.41) is 10.9. The minimum atomic E-state index is -4.81. The predicted molar refractivity (Wildman–Crippen MR) is 144 cm³/mol. The first-order chi connectivity index (χ1) is 19.0. The lowest BCUT2D eigenvalue weighted by Gasteiger charge is -2.23. The first kappa shape index (κ1) is 34.9. The summed E-state index contributed by atoms with van der Waals surface area (Å²) in [6, 6.07) is 3.04. The molecule has 6 N–H and O–H groups in total. The van der Waals surface area contributed by atoms with Crippen LogP contribution in [0.25, 0.3) is 0 Å². The third-order valence-electron chi connectivity index (χ3n) is 5.72. The van der Waals surface area contributed by atoms with Crippen molar-refractivity contribution in [2.24, 2.45) is 5.73 Å². The maximum absolute atomic E-state index is 13.1. The average molecular weight is 590 g/mol. The number of unbranched alkanes of at least 4 members (excludes halogenated alkanes) is 1. The van der Waals surface area contributed by atoms with Gasteiger partial charge in [0.25, 0.3) is 0 Å². The molecule has 4 amide bonds. The van der Waals surface area contributed by atoms with E-state index in [9.17, 15) is 31.5 Å². The first-order valence-electron chi connectivity index (χ1n) is 12.9. The molecule has 13 nitrogen and oxygen atoms in total. The molecule has 226 valence electrons. The number of carbonyl (C=O) groups excluding carboxylic acids is 4. The molecule has 0 aliphatic rings. The number of methoxy groups -OCH3 is 1. The maximum atomic E-state index is 13.1. The van der Waals surface area contributed by atoms with Crippen LogP contribution in [0, 0.1) is 0 Å². The number of hydrogen-bond donors (Lipinski definition) is 5. The zero-order valence-electron chi connectivity index (χ0n) is 22.9. The molecule has 40 heavy (non-hydrogen) atoms. The van der Waals surface area contributed by atoms with Crippen molar-refractivity contribution in [3.8, 4) is 0 Å². The molecule has 1 aromatic rings. The molecule has 0 aliphatic heterocycles. The van der Waals surface area contributed by atoms with Gasteiger partial charge in [0, 0.05) is 20.1 Å². The van der Waals surface area contributed by atoms with Crippen molar-refractivity contribution in [1.29, 1.82) is 0 Å². The SMILES string of the molecule is CNCCCC[C@H](NC(=O)COCCOC)C(=O)N[C@@H](CCC(N)=O)C(=O)NCCc1ccc(S(=O)(=O)F)cc1. The molecule has 0 unspecified atom stereocenters. The summed E-state index contributed by atoms with van der Waals surface area (Å²) in [5.41, 5.74) is 5.88. The van der Waals surface area contributed by atoms with E-state index in [1.807, 2.05) is 0 Å². The number of benzene rings is 1. The lowest BCUT2D eigenvalue weighted by Crippen LogP contribution is -2.54. The van der Waals surface area contributed by atoms with E-state index in [2.05, 4.69) is 21.3 Å². The molecule has 2 atom stereocenters. The Hall–Kier alpha value is -3.14. The Morgan fingerprint density at radius 1 is 0.950 bits per heavy atom. The highest BCUT2D eigenvalue weighted by atomic mass is 32.3. The molecule has 1 rings (SSSR count). The first-order valence-corrected chi connectivity index (χ1v) is 14.3. The Labute approximate surface area is 234 Å². The Balaban J connectivity index is 2.81. The van der Waals surface area contributed by atoms with Gasteiger partial charge in [0.05, 0.1) is 18.1 Å². The molecule has 0 radical (unpaired) electrons. The Morgan fingerprint density at radius 3 is 2.23 bits per heavy atom. The van der Waals surface area contributed by atoms with Crippen LogP contribution in [0.5, 0.6) is 0 Å². The lowest BCUT2D eigenvalue weighted by molar-refractivity contribution is -0.134. The number of halogens is 1. The molecule has 0 saturated carbocycles. The third-order valence-corrected chi connectivity index (χ3v) is 6.55. The van der Waals surface area contributed by atoms with E-state index < -0.39 is 50.8 Å². The van der Waals surface area contributed by atoms with Crippen LogP contribution in [-0.2, 0) is 45.3 Å². The Morgan fingerprint density at radius 2 is 1.62 bits per heavy atom. The standard InChI is InChI=1S/C25H40FN5O8S/c1-28-13-4-3-5-20(30-23(33)17-39-16-15-38-2)25(35)31-21(10-11-22(27)32)24(34)29-14-12-18-6-8-19(9-7-18)40(26,36)37/h6-9,20-21,28H,3-5,10-17H2,1-2H3,(H2,27,32)(H,29,34)(H,30,33)(H,31,35)/t20-,21-/m0/s1. The molecule has 0 saturated heterocycles. The quantitative estimate of drug-likeness (QED) is 0.0909. The van der Waals surface area contributed by atoms with E-state index in [0.717, 1.165) is 25.1 Å². The summed E-state index contributed by atoms with van der Waals surface area (Å²) in [6.45, 7) is 1.08. The van der Waals surface area contributed by atoms with Gasteiger partial charge in [-0.15, -0.1) is 3.89 Å². The van der Waals surface area contributed by atoms with E-state index in [1.54, 1.807) is 7.05 Å². The number of amides is 4. The van der Waals surface area contributed by atoms with E-state index in [0.29, 0.717) is 31.4 Å². The maximum Gasteiger partial charge on any atom is 0.332 e. The van der Waals surface area contributed by atoms with Crippen molar-refractivity contribution in [3.63, 3.8) is 0 Å². The van der Waals surface area contributed by atoms with Gasteiger partial charge in [-0.05, 0) is 63.4 Å². The summed E-state index contributed by atoms with van der Waals surface area (Å²) in [6.07, 6.45) is 1.75. The van der Waals surface area contributed by atoms with Crippen molar-refractivity contribution < 1.29 is 41.0 Å². The van der Waals surface area contributed by atoms with Crippen LogP contribution >= 0.6 is 0 Å². The van der Waals surface area contributed by atoms with Crippen LogP contribution in [0.1, 0.15) is 37.7 Å². The van der Waals surface area contributed by atoms with Gasteiger partial charge in [-0.2, -0.15) is 8.42 Å². The largest absolute Gasteiger partial charge is 0.382 e. The molecular weight excluding hydrogens is 549 g/mol. The molecule has 1 aromatic carbocycles. The van der Waals surface area contributed by atoms with Crippen LogP contribution in [-0.4, -0.2) is 91.2 Å². The smallest absolute Gasteiger partial charge is 0.332 e. The van der Waals surface area contributed by atoms with Gasteiger partial charge in [0.1, 0.15) is 18.7 Å². The minimum absolute atomic E-state index is 0.0590. The minimum Gasteiger partial charge on any atom is -0.382 e. The van der Waals surface area contributed by atoms with Crippen molar-refractivity contribution in [3.05, 3.63) is 29.8 Å². The van der Waals surface area contributed by atoms with Crippen LogP contribution < -0.4 is 27.0 Å². The number of primary amides is 1. The summed E-state index contributed by atoms with van der Waals surface area (Å²) < 4.78 is 45.0. The number of nitrogens with one attached hydrogen (secondary N) is 4. The van der Waals surface area contributed by atoms with Gasteiger partial charge < -0.3 is 36.5 Å². The van der Waals surface area contributed by atoms with Crippen LogP contribution in [0.2, 0.25) is 0 Å². The second-order valence-corrected chi connectivity index (χ2v) is 10.3. The predicted octanol–water partition coefficient (Wildman–Crippen LogP) is -0.709. The number of ether oxygens (including phenoxy) is 2. The molecule has 0 aromatic heterocycles. The third kappa shape index (κ3) is 14.9.